The van der Waals surface area contributed by atoms with Gasteiger partial charge in [0, 0.05) is 12.5 Å². The van der Waals surface area contributed by atoms with Crippen LogP contribution in [0.1, 0.15) is 78.1 Å². The summed E-state index contributed by atoms with van der Waals surface area (Å²) in [6.45, 7) is 4.04. The number of hydrogen-bond donors (Lipinski definition) is 2. The summed E-state index contributed by atoms with van der Waals surface area (Å²) in [5, 5.41) is 11.6. The molecule has 1 unspecified atom stereocenters. The molecule has 0 radical (unpaired) electrons. The predicted molar refractivity (Wildman–Crippen MR) is 85.7 cm³/mol. The topological polar surface area (TPSA) is 49.3 Å². The SMILES string of the molecule is CCCCC=CCCCCCCCC(=O)NC(C)CO. The maximum absolute atomic E-state index is 11.4. The Morgan fingerprint density at radius 1 is 1.05 bits per heavy atom. The second-order valence-corrected chi connectivity index (χ2v) is 5.57. The van der Waals surface area contributed by atoms with Crippen molar-refractivity contribution < 1.29 is 9.90 Å². The molecule has 118 valence electrons. The van der Waals surface area contributed by atoms with Gasteiger partial charge >= 0.3 is 0 Å². The van der Waals surface area contributed by atoms with Gasteiger partial charge in [-0.25, -0.2) is 0 Å². The Hall–Kier alpha value is -0.830. The second kappa shape index (κ2) is 14.6. The van der Waals surface area contributed by atoms with E-state index in [9.17, 15) is 4.79 Å². The molecule has 0 fully saturated rings. The van der Waals surface area contributed by atoms with Crippen molar-refractivity contribution in [3.63, 3.8) is 0 Å². The second-order valence-electron chi connectivity index (χ2n) is 5.57. The van der Waals surface area contributed by atoms with E-state index in [2.05, 4.69) is 24.4 Å². The molecule has 0 aliphatic carbocycles. The van der Waals surface area contributed by atoms with Crippen LogP contribution in [-0.4, -0.2) is 23.7 Å². The highest BCUT2D eigenvalue weighted by Crippen LogP contribution is 2.08. The lowest BCUT2D eigenvalue weighted by molar-refractivity contribution is -0.122. The van der Waals surface area contributed by atoms with Crippen molar-refractivity contribution in [2.24, 2.45) is 0 Å². The van der Waals surface area contributed by atoms with Crippen molar-refractivity contribution in [3.05, 3.63) is 12.2 Å². The van der Waals surface area contributed by atoms with E-state index in [4.69, 9.17) is 5.11 Å². The van der Waals surface area contributed by atoms with Gasteiger partial charge in [-0.15, -0.1) is 0 Å². The zero-order valence-electron chi connectivity index (χ0n) is 13.4. The van der Waals surface area contributed by atoms with E-state index < -0.39 is 0 Å². The number of aliphatic hydroxyl groups is 1. The first kappa shape index (κ1) is 19.2. The highest BCUT2D eigenvalue weighted by Gasteiger charge is 2.04. The maximum Gasteiger partial charge on any atom is 0.220 e. The van der Waals surface area contributed by atoms with Crippen molar-refractivity contribution in [3.8, 4) is 0 Å². The lowest BCUT2D eigenvalue weighted by Crippen LogP contribution is -2.34. The van der Waals surface area contributed by atoms with E-state index in [1.165, 1.54) is 44.9 Å². The van der Waals surface area contributed by atoms with Gasteiger partial charge in [-0.2, -0.15) is 0 Å². The maximum atomic E-state index is 11.4. The molecule has 2 N–H and O–H groups in total. The number of carbonyl (C=O) groups excluding carboxylic acids is 1. The first-order chi connectivity index (χ1) is 9.70. The van der Waals surface area contributed by atoms with Gasteiger partial charge in [-0.1, -0.05) is 51.2 Å². The normalized spacial score (nSPS) is 12.8. The van der Waals surface area contributed by atoms with Crippen molar-refractivity contribution in [2.45, 2.75) is 84.1 Å². The monoisotopic (exact) mass is 283 g/mol. The summed E-state index contributed by atoms with van der Waals surface area (Å²) in [7, 11) is 0. The third-order valence-electron chi connectivity index (χ3n) is 3.35. The van der Waals surface area contributed by atoms with Gasteiger partial charge in [0.2, 0.25) is 5.91 Å². The third kappa shape index (κ3) is 13.6. The van der Waals surface area contributed by atoms with Gasteiger partial charge in [0.1, 0.15) is 0 Å². The Morgan fingerprint density at radius 3 is 2.30 bits per heavy atom. The zero-order chi connectivity index (χ0) is 15.1. The fourth-order valence-electron chi connectivity index (χ4n) is 2.03. The molecule has 1 atom stereocenters. The molecule has 0 rings (SSSR count). The summed E-state index contributed by atoms with van der Waals surface area (Å²) in [6, 6.07) is -0.123. The first-order valence-electron chi connectivity index (χ1n) is 8.26. The van der Waals surface area contributed by atoms with E-state index in [1.54, 1.807) is 0 Å². The molecule has 0 heterocycles. The van der Waals surface area contributed by atoms with Crippen LogP contribution in [0.4, 0.5) is 0 Å². The summed E-state index contributed by atoms with van der Waals surface area (Å²) in [4.78, 5) is 11.4. The number of allylic oxidation sites excluding steroid dienone is 2. The van der Waals surface area contributed by atoms with Crippen LogP contribution in [0.25, 0.3) is 0 Å². The van der Waals surface area contributed by atoms with E-state index in [-0.39, 0.29) is 18.6 Å². The lowest BCUT2D eigenvalue weighted by atomic mass is 10.1. The molecule has 1 amide bonds. The molecule has 20 heavy (non-hydrogen) atoms. The van der Waals surface area contributed by atoms with Crippen LogP contribution in [-0.2, 0) is 4.79 Å². The summed E-state index contributed by atoms with van der Waals surface area (Å²) in [5.74, 6) is 0.0606. The number of aliphatic hydroxyl groups excluding tert-OH is 1. The standard InChI is InChI=1S/C17H33NO2/c1-3-4-5-6-7-8-9-10-11-12-13-14-17(20)18-16(2)15-19/h6-7,16,19H,3-5,8-15H2,1-2H3,(H,18,20). The molecule has 0 spiro atoms. The zero-order valence-corrected chi connectivity index (χ0v) is 13.4. The molecule has 0 aromatic rings. The Kier molecular flexibility index (Phi) is 14.0. The average Bonchev–Trinajstić information content (AvgIpc) is 2.44. The molecular weight excluding hydrogens is 250 g/mol. The number of carbonyl (C=O) groups is 1. The molecule has 0 aromatic heterocycles. The Balaban J connectivity index is 3.24. The quantitative estimate of drug-likeness (QED) is 0.397. The molecule has 3 heteroatoms. The van der Waals surface area contributed by atoms with E-state index in [0.717, 1.165) is 12.8 Å². The Bertz CT molecular complexity index is 251. The summed E-state index contributed by atoms with van der Waals surface area (Å²) in [6.07, 6.45) is 16.0. The van der Waals surface area contributed by atoms with Crippen molar-refractivity contribution in [1.29, 1.82) is 0 Å². The minimum Gasteiger partial charge on any atom is -0.394 e. The highest BCUT2D eigenvalue weighted by molar-refractivity contribution is 5.76. The van der Waals surface area contributed by atoms with Crippen LogP contribution < -0.4 is 5.32 Å². The van der Waals surface area contributed by atoms with Crippen molar-refractivity contribution in [1.82, 2.24) is 5.32 Å². The fourth-order valence-corrected chi connectivity index (χ4v) is 2.03. The fraction of sp³-hybridized carbons (Fsp3) is 0.824. The number of rotatable bonds is 13. The van der Waals surface area contributed by atoms with Gasteiger partial charge in [0.05, 0.1) is 6.61 Å². The molecule has 0 aliphatic rings. The van der Waals surface area contributed by atoms with Crippen LogP contribution in [0.15, 0.2) is 12.2 Å². The van der Waals surface area contributed by atoms with Gasteiger partial charge in [-0.3, -0.25) is 4.79 Å². The molecular formula is C17H33NO2. The van der Waals surface area contributed by atoms with Crippen molar-refractivity contribution in [2.75, 3.05) is 6.61 Å². The largest absolute Gasteiger partial charge is 0.394 e. The summed E-state index contributed by atoms with van der Waals surface area (Å²) >= 11 is 0. The molecule has 0 saturated heterocycles. The van der Waals surface area contributed by atoms with Crippen LogP contribution in [0.3, 0.4) is 0 Å². The summed E-state index contributed by atoms with van der Waals surface area (Å²) < 4.78 is 0. The van der Waals surface area contributed by atoms with Crippen LogP contribution >= 0.6 is 0 Å². The van der Waals surface area contributed by atoms with Crippen molar-refractivity contribution >= 4 is 5.91 Å². The molecule has 3 nitrogen and oxygen atoms in total. The predicted octanol–water partition coefficient (Wildman–Crippen LogP) is 3.96. The highest BCUT2D eigenvalue weighted by atomic mass is 16.3. The minimum absolute atomic E-state index is 0.0114. The van der Waals surface area contributed by atoms with Gasteiger partial charge in [-0.05, 0) is 32.6 Å². The lowest BCUT2D eigenvalue weighted by Gasteiger charge is -2.10. The average molecular weight is 283 g/mol. The van der Waals surface area contributed by atoms with Gasteiger partial charge in [0.15, 0.2) is 0 Å². The van der Waals surface area contributed by atoms with E-state index >= 15 is 0 Å². The number of amides is 1. The molecule has 0 aromatic carbocycles. The van der Waals surface area contributed by atoms with Gasteiger partial charge < -0.3 is 10.4 Å². The van der Waals surface area contributed by atoms with Crippen LogP contribution in [0.5, 0.6) is 0 Å². The minimum atomic E-state index is -0.123. The number of unbranched alkanes of at least 4 members (excludes halogenated alkanes) is 7. The van der Waals surface area contributed by atoms with E-state index in [1.807, 2.05) is 6.92 Å². The smallest absolute Gasteiger partial charge is 0.220 e. The van der Waals surface area contributed by atoms with Crippen LogP contribution in [0, 0.1) is 0 Å². The Morgan fingerprint density at radius 2 is 1.65 bits per heavy atom. The Labute approximate surface area is 124 Å². The first-order valence-corrected chi connectivity index (χ1v) is 8.26. The molecule has 0 bridgehead atoms. The number of nitrogens with one attached hydrogen (secondary N) is 1. The van der Waals surface area contributed by atoms with Crippen LogP contribution in [0.2, 0.25) is 0 Å². The van der Waals surface area contributed by atoms with E-state index in [0.29, 0.717) is 6.42 Å². The summed E-state index contributed by atoms with van der Waals surface area (Å²) in [5.41, 5.74) is 0. The number of hydrogen-bond acceptors (Lipinski definition) is 2. The molecule has 0 saturated carbocycles. The third-order valence-corrected chi connectivity index (χ3v) is 3.35. The molecule has 0 aliphatic heterocycles. The van der Waals surface area contributed by atoms with Gasteiger partial charge in [0.25, 0.3) is 0 Å².